The lowest BCUT2D eigenvalue weighted by Gasteiger charge is -2.23. The molecule has 0 bridgehead atoms. The van der Waals surface area contributed by atoms with Crippen LogP contribution >= 0.6 is 39.9 Å². The zero-order valence-electron chi connectivity index (χ0n) is 9.58. The van der Waals surface area contributed by atoms with Crippen LogP contribution in [0.15, 0.2) is 16.6 Å². The Hall–Kier alpha value is -0.330. The van der Waals surface area contributed by atoms with Crippen molar-refractivity contribution in [3.8, 4) is 0 Å². The average Bonchev–Trinajstić information content (AvgIpc) is 2.66. The smallest absolute Gasteiger partial charge is 0.178 e. The highest BCUT2D eigenvalue weighted by molar-refractivity contribution is 9.10. The van der Waals surface area contributed by atoms with E-state index in [-0.39, 0.29) is 5.82 Å². The molecule has 0 amide bonds. The number of fused-ring (bicyclic) bond motifs is 1. The quantitative estimate of drug-likeness (QED) is 0.757. The number of aromatic amines is 1. The summed E-state index contributed by atoms with van der Waals surface area (Å²) in [6.07, 6.45) is 2.36. The summed E-state index contributed by atoms with van der Waals surface area (Å²) in [5.74, 6) is 2.05. The fourth-order valence-corrected chi connectivity index (χ4v) is 4.22. The maximum Gasteiger partial charge on any atom is 0.178 e. The Morgan fingerprint density at radius 2 is 2.33 bits per heavy atom. The number of benzene rings is 1. The third-order valence-corrected chi connectivity index (χ3v) is 5.36. The Bertz CT molecular complexity index is 643. The van der Waals surface area contributed by atoms with Crippen LogP contribution < -0.4 is 0 Å². The van der Waals surface area contributed by atoms with Gasteiger partial charge in [-0.2, -0.15) is 11.8 Å². The van der Waals surface area contributed by atoms with E-state index in [1.54, 1.807) is 0 Å². The summed E-state index contributed by atoms with van der Waals surface area (Å²) in [7, 11) is 0. The molecule has 6 heteroatoms. The minimum atomic E-state index is -0.260. The first-order valence-corrected chi connectivity index (χ1v) is 8.19. The topological polar surface area (TPSA) is 20.7 Å². The predicted molar refractivity (Wildman–Crippen MR) is 80.4 cm³/mol. The Balaban J connectivity index is 2.18. The van der Waals surface area contributed by atoms with Gasteiger partial charge in [-0.15, -0.1) is 0 Å². The maximum atomic E-state index is 13.5. The van der Waals surface area contributed by atoms with E-state index in [1.807, 2.05) is 17.8 Å². The highest BCUT2D eigenvalue weighted by atomic mass is 79.9. The van der Waals surface area contributed by atoms with Gasteiger partial charge in [0.15, 0.2) is 4.77 Å². The van der Waals surface area contributed by atoms with E-state index in [1.165, 1.54) is 18.2 Å². The van der Waals surface area contributed by atoms with Gasteiger partial charge in [-0.1, -0.05) is 0 Å². The van der Waals surface area contributed by atoms with Crippen molar-refractivity contribution in [2.45, 2.75) is 18.9 Å². The number of nitrogens with one attached hydrogen (secondary N) is 1. The molecule has 2 nitrogen and oxygen atoms in total. The van der Waals surface area contributed by atoms with Crippen molar-refractivity contribution >= 4 is 50.9 Å². The van der Waals surface area contributed by atoms with Crippen molar-refractivity contribution in [1.29, 1.82) is 0 Å². The van der Waals surface area contributed by atoms with Gasteiger partial charge >= 0.3 is 0 Å². The van der Waals surface area contributed by atoms with Gasteiger partial charge in [0.2, 0.25) is 0 Å². The van der Waals surface area contributed by atoms with Crippen molar-refractivity contribution in [1.82, 2.24) is 9.55 Å². The molecule has 3 rings (SSSR count). The van der Waals surface area contributed by atoms with Crippen LogP contribution in [0, 0.1) is 10.6 Å². The number of hydrogen-bond acceptors (Lipinski definition) is 2. The second kappa shape index (κ2) is 4.98. The fraction of sp³-hybridized carbons (Fsp3) is 0.417. The summed E-state index contributed by atoms with van der Waals surface area (Å²) in [6, 6.07) is 3.74. The normalized spacial score (nSPS) is 20.4. The van der Waals surface area contributed by atoms with Crippen LogP contribution in [0.4, 0.5) is 4.39 Å². The Kier molecular flexibility index (Phi) is 3.51. The van der Waals surface area contributed by atoms with Crippen LogP contribution in [0.5, 0.6) is 0 Å². The number of rotatable bonds is 1. The summed E-state index contributed by atoms with van der Waals surface area (Å²) < 4.78 is 16.8. The first-order valence-electron chi connectivity index (χ1n) is 5.84. The predicted octanol–water partition coefficient (Wildman–Crippen LogP) is 4.67. The molecular weight excluding hydrogens is 335 g/mol. The SMILES string of the molecule is Fc1cc2[nH]c(=S)n(C3CCCSC3)c2cc1Br. The zero-order chi connectivity index (χ0) is 12.7. The second-order valence-corrected chi connectivity index (χ2v) is 6.85. The van der Waals surface area contributed by atoms with E-state index >= 15 is 0 Å². The van der Waals surface area contributed by atoms with Gasteiger partial charge in [-0.3, -0.25) is 0 Å². The van der Waals surface area contributed by atoms with E-state index in [0.717, 1.165) is 23.2 Å². The van der Waals surface area contributed by atoms with Crippen LogP contribution in [-0.2, 0) is 0 Å². The van der Waals surface area contributed by atoms with Crippen molar-refractivity contribution < 1.29 is 4.39 Å². The lowest BCUT2D eigenvalue weighted by atomic mass is 10.2. The van der Waals surface area contributed by atoms with Gasteiger partial charge in [-0.05, 0) is 52.8 Å². The molecule has 1 aromatic carbocycles. The molecule has 0 saturated carbocycles. The van der Waals surface area contributed by atoms with Gasteiger partial charge in [-0.25, -0.2) is 4.39 Å². The molecule has 96 valence electrons. The fourth-order valence-electron chi connectivity index (χ4n) is 2.41. The van der Waals surface area contributed by atoms with Gasteiger partial charge in [0.25, 0.3) is 0 Å². The van der Waals surface area contributed by atoms with Crippen LogP contribution in [0.3, 0.4) is 0 Å². The molecular formula is C12H12BrFN2S2. The van der Waals surface area contributed by atoms with Crippen LogP contribution in [0.1, 0.15) is 18.9 Å². The largest absolute Gasteiger partial charge is 0.330 e. The number of hydrogen-bond donors (Lipinski definition) is 1. The minimum Gasteiger partial charge on any atom is -0.330 e. The number of halogens is 2. The first-order chi connectivity index (χ1) is 8.66. The summed E-state index contributed by atoms with van der Waals surface area (Å²) in [5, 5.41) is 0. The standard InChI is InChI=1S/C12H12BrFN2S2/c13-8-4-11-10(5-9(8)14)15-12(17)16(11)7-2-1-3-18-6-7/h4-5,7H,1-3,6H2,(H,15,17). The lowest BCUT2D eigenvalue weighted by molar-refractivity contribution is 0.506. The van der Waals surface area contributed by atoms with E-state index in [9.17, 15) is 4.39 Å². The van der Waals surface area contributed by atoms with Crippen molar-refractivity contribution in [2.75, 3.05) is 11.5 Å². The average molecular weight is 347 g/mol. The number of H-pyrrole nitrogens is 1. The van der Waals surface area contributed by atoms with Crippen LogP contribution in [0.2, 0.25) is 0 Å². The molecule has 1 aliphatic rings. The first kappa shape index (κ1) is 12.7. The van der Waals surface area contributed by atoms with Gasteiger partial charge in [0, 0.05) is 17.9 Å². The third-order valence-electron chi connectivity index (χ3n) is 3.26. The van der Waals surface area contributed by atoms with Crippen LogP contribution in [0.25, 0.3) is 11.0 Å². The van der Waals surface area contributed by atoms with E-state index in [4.69, 9.17) is 12.2 Å². The van der Waals surface area contributed by atoms with Gasteiger partial charge < -0.3 is 9.55 Å². The molecule has 1 N–H and O–H groups in total. The van der Waals surface area contributed by atoms with Crippen molar-refractivity contribution in [3.05, 3.63) is 27.2 Å². The number of imidazole rings is 1. The van der Waals surface area contributed by atoms with Crippen LogP contribution in [-0.4, -0.2) is 21.1 Å². The Morgan fingerprint density at radius 1 is 1.50 bits per heavy atom. The number of aromatic nitrogens is 2. The number of thioether (sulfide) groups is 1. The zero-order valence-corrected chi connectivity index (χ0v) is 12.8. The summed E-state index contributed by atoms with van der Waals surface area (Å²) >= 11 is 10.6. The minimum absolute atomic E-state index is 0.260. The highest BCUT2D eigenvalue weighted by Gasteiger charge is 2.19. The van der Waals surface area contributed by atoms with Crippen molar-refractivity contribution in [2.24, 2.45) is 0 Å². The third kappa shape index (κ3) is 2.14. The van der Waals surface area contributed by atoms with Crippen molar-refractivity contribution in [3.63, 3.8) is 0 Å². The maximum absolute atomic E-state index is 13.5. The summed E-state index contributed by atoms with van der Waals surface area (Å²) in [5.41, 5.74) is 1.76. The molecule has 0 spiro atoms. The second-order valence-electron chi connectivity index (χ2n) is 4.45. The van der Waals surface area contributed by atoms with Gasteiger partial charge in [0.1, 0.15) is 5.82 Å². The van der Waals surface area contributed by atoms with Gasteiger partial charge in [0.05, 0.1) is 15.5 Å². The van der Waals surface area contributed by atoms with E-state index < -0.39 is 0 Å². The summed E-state index contributed by atoms with van der Waals surface area (Å²) in [6.45, 7) is 0. The Morgan fingerprint density at radius 3 is 3.06 bits per heavy atom. The van der Waals surface area contributed by atoms with E-state index in [2.05, 4.69) is 25.5 Å². The molecule has 1 atom stereocenters. The molecule has 0 aliphatic carbocycles. The lowest BCUT2D eigenvalue weighted by Crippen LogP contribution is -2.16. The molecule has 2 heterocycles. The summed E-state index contributed by atoms with van der Waals surface area (Å²) in [4.78, 5) is 3.10. The molecule has 2 aromatic rings. The molecule has 1 aliphatic heterocycles. The molecule has 0 radical (unpaired) electrons. The highest BCUT2D eigenvalue weighted by Crippen LogP contribution is 2.31. The molecule has 1 aromatic heterocycles. The molecule has 18 heavy (non-hydrogen) atoms. The monoisotopic (exact) mass is 346 g/mol. The van der Waals surface area contributed by atoms with E-state index in [0.29, 0.717) is 15.3 Å². The number of nitrogens with zero attached hydrogens (tertiary/aromatic N) is 1. The Labute approximate surface area is 122 Å². The molecule has 1 unspecified atom stereocenters. The molecule has 1 fully saturated rings. The molecule has 1 saturated heterocycles.